The van der Waals surface area contributed by atoms with Crippen molar-refractivity contribution in [3.8, 4) is 0 Å². The van der Waals surface area contributed by atoms with Crippen LogP contribution in [-0.4, -0.2) is 66.3 Å². The quantitative estimate of drug-likeness (QED) is 0.728. The van der Waals surface area contributed by atoms with Gasteiger partial charge in [-0.15, -0.1) is 0 Å². The van der Waals surface area contributed by atoms with Crippen molar-refractivity contribution in [2.24, 2.45) is 0 Å². The summed E-state index contributed by atoms with van der Waals surface area (Å²) in [5, 5.41) is 0. The van der Waals surface area contributed by atoms with Crippen LogP contribution >= 0.6 is 0 Å². The molecule has 6 heteroatoms. The van der Waals surface area contributed by atoms with Crippen molar-refractivity contribution in [3.05, 3.63) is 0 Å². The third-order valence-corrected chi connectivity index (χ3v) is 3.87. The molecule has 0 N–H and O–H groups in total. The van der Waals surface area contributed by atoms with E-state index in [1.165, 1.54) is 0 Å². The lowest BCUT2D eigenvalue weighted by atomic mass is 10.1. The molecule has 1 fully saturated rings. The van der Waals surface area contributed by atoms with Gasteiger partial charge in [-0.05, 0) is 47.5 Å². The molecule has 0 radical (unpaired) electrons. The van der Waals surface area contributed by atoms with Crippen molar-refractivity contribution in [1.82, 2.24) is 9.80 Å². The molecule has 1 aliphatic heterocycles. The summed E-state index contributed by atoms with van der Waals surface area (Å²) >= 11 is 0. The molecular formula is C17H32N2O4. The summed E-state index contributed by atoms with van der Waals surface area (Å²) in [4.78, 5) is 28.3. The Balaban J connectivity index is 2.55. The van der Waals surface area contributed by atoms with Gasteiger partial charge in [-0.3, -0.25) is 9.69 Å². The first-order valence-corrected chi connectivity index (χ1v) is 8.43. The van der Waals surface area contributed by atoms with Crippen LogP contribution < -0.4 is 0 Å². The predicted octanol–water partition coefficient (Wildman–Crippen LogP) is 2.66. The van der Waals surface area contributed by atoms with Gasteiger partial charge in [-0.2, -0.15) is 0 Å². The fraction of sp³-hybridized carbons (Fsp3) is 0.882. The highest BCUT2D eigenvalue weighted by Gasteiger charge is 2.36. The van der Waals surface area contributed by atoms with E-state index in [-0.39, 0.29) is 24.1 Å². The number of carbonyl (C=O) groups excluding carboxylic acids is 2. The maximum Gasteiger partial charge on any atom is 0.410 e. The number of nitrogens with zero attached hydrogens (tertiary/aromatic N) is 2. The average Bonchev–Trinajstić information content (AvgIpc) is 2.40. The highest BCUT2D eigenvalue weighted by atomic mass is 16.6. The van der Waals surface area contributed by atoms with Crippen LogP contribution in [0.2, 0.25) is 0 Å². The van der Waals surface area contributed by atoms with Gasteiger partial charge < -0.3 is 14.4 Å². The van der Waals surface area contributed by atoms with E-state index >= 15 is 0 Å². The summed E-state index contributed by atoms with van der Waals surface area (Å²) < 4.78 is 10.5. The first-order valence-electron chi connectivity index (χ1n) is 8.43. The van der Waals surface area contributed by atoms with Gasteiger partial charge in [-0.25, -0.2) is 4.79 Å². The van der Waals surface area contributed by atoms with Crippen LogP contribution in [0, 0.1) is 0 Å². The van der Waals surface area contributed by atoms with Crippen LogP contribution in [-0.2, 0) is 14.3 Å². The molecule has 1 saturated heterocycles. The van der Waals surface area contributed by atoms with E-state index < -0.39 is 5.60 Å². The first-order chi connectivity index (χ1) is 10.7. The van der Waals surface area contributed by atoms with E-state index in [1.54, 1.807) is 12.0 Å². The number of ether oxygens (including phenoxy) is 2. The number of hydrogen-bond donors (Lipinski definition) is 0. The summed E-state index contributed by atoms with van der Waals surface area (Å²) in [6, 6.07) is -0.0898. The highest BCUT2D eigenvalue weighted by Crippen LogP contribution is 2.20. The van der Waals surface area contributed by atoms with Crippen molar-refractivity contribution >= 4 is 12.0 Å². The Kier molecular flexibility index (Phi) is 7.32. The molecule has 2 amide bonds. The van der Waals surface area contributed by atoms with E-state index in [4.69, 9.17) is 9.47 Å². The van der Waals surface area contributed by atoms with Gasteiger partial charge in [0.15, 0.2) is 0 Å². The zero-order valence-electron chi connectivity index (χ0n) is 15.4. The molecule has 134 valence electrons. The molecular weight excluding hydrogens is 296 g/mol. The number of carbonyl (C=O) groups is 2. The molecule has 2 atom stereocenters. The Morgan fingerprint density at radius 3 is 2.13 bits per heavy atom. The first kappa shape index (κ1) is 19.7. The normalized spacial score (nSPS) is 22.2. The van der Waals surface area contributed by atoms with Crippen molar-refractivity contribution < 1.29 is 19.1 Å². The summed E-state index contributed by atoms with van der Waals surface area (Å²) in [6.45, 7) is 11.3. The second kappa shape index (κ2) is 8.52. The third kappa shape index (κ3) is 6.37. The van der Waals surface area contributed by atoms with Crippen LogP contribution in [0.1, 0.15) is 53.9 Å². The van der Waals surface area contributed by atoms with Gasteiger partial charge in [0.25, 0.3) is 0 Å². The minimum Gasteiger partial charge on any atom is -0.444 e. The average molecular weight is 328 g/mol. The molecule has 1 heterocycles. The minimum atomic E-state index is -0.509. The lowest BCUT2D eigenvalue weighted by Crippen LogP contribution is -2.60. The number of unbranched alkanes of at least 4 members (excludes halogenated alkanes) is 1. The molecule has 0 saturated carbocycles. The molecule has 1 rings (SSSR count). The Bertz CT molecular complexity index is 394. The molecule has 0 aromatic heterocycles. The Labute approximate surface area is 140 Å². The molecule has 0 unspecified atom stereocenters. The number of methoxy groups -OCH3 is 1. The van der Waals surface area contributed by atoms with Gasteiger partial charge in [0.05, 0.1) is 12.1 Å². The van der Waals surface area contributed by atoms with E-state index in [2.05, 4.69) is 0 Å². The third-order valence-electron chi connectivity index (χ3n) is 3.87. The van der Waals surface area contributed by atoms with Crippen LogP contribution in [0.15, 0.2) is 0 Å². The molecule has 0 aromatic carbocycles. The summed E-state index contributed by atoms with van der Waals surface area (Å²) in [7, 11) is 1.67. The fourth-order valence-electron chi connectivity index (χ4n) is 2.88. The van der Waals surface area contributed by atoms with Gasteiger partial charge in [0.1, 0.15) is 5.60 Å². The van der Waals surface area contributed by atoms with Crippen molar-refractivity contribution in [1.29, 1.82) is 0 Å². The summed E-state index contributed by atoms with van der Waals surface area (Å²) in [5.74, 6) is 0.156. The Hall–Kier alpha value is -1.30. The summed E-state index contributed by atoms with van der Waals surface area (Å²) in [5.41, 5.74) is -0.509. The topological polar surface area (TPSA) is 59.1 Å². The highest BCUT2D eigenvalue weighted by molar-refractivity contribution is 5.77. The van der Waals surface area contributed by atoms with Gasteiger partial charge in [0, 0.05) is 33.2 Å². The fourth-order valence-corrected chi connectivity index (χ4v) is 2.88. The van der Waals surface area contributed by atoms with Crippen LogP contribution in [0.25, 0.3) is 0 Å². The van der Waals surface area contributed by atoms with Crippen molar-refractivity contribution in [2.45, 2.75) is 71.6 Å². The SMILES string of the molecule is COCCCCC(=O)N1C[C@@H](C)N(C(=O)OC(C)(C)C)[C@H](C)C1. The van der Waals surface area contributed by atoms with Crippen LogP contribution in [0.3, 0.4) is 0 Å². The Morgan fingerprint density at radius 1 is 1.09 bits per heavy atom. The van der Waals surface area contributed by atoms with E-state index in [9.17, 15) is 9.59 Å². The van der Waals surface area contributed by atoms with Crippen molar-refractivity contribution in [3.63, 3.8) is 0 Å². The molecule has 1 aliphatic rings. The molecule has 6 nitrogen and oxygen atoms in total. The minimum absolute atomic E-state index is 0.0449. The smallest absolute Gasteiger partial charge is 0.410 e. The molecule has 0 spiro atoms. The molecule has 0 bridgehead atoms. The second-order valence-corrected chi connectivity index (χ2v) is 7.33. The second-order valence-electron chi connectivity index (χ2n) is 7.33. The predicted molar refractivity (Wildman–Crippen MR) is 89.3 cm³/mol. The summed E-state index contributed by atoms with van der Waals surface area (Å²) in [6.07, 6.45) is 1.96. The number of piperazine rings is 1. The number of hydrogen-bond acceptors (Lipinski definition) is 4. The van der Waals surface area contributed by atoms with Crippen LogP contribution in [0.4, 0.5) is 4.79 Å². The van der Waals surface area contributed by atoms with E-state index in [0.717, 1.165) is 12.8 Å². The van der Waals surface area contributed by atoms with E-state index in [1.807, 2.05) is 39.5 Å². The lowest BCUT2D eigenvalue weighted by Gasteiger charge is -2.44. The maximum absolute atomic E-state index is 12.3. The van der Waals surface area contributed by atoms with Gasteiger partial charge in [-0.1, -0.05) is 0 Å². The Morgan fingerprint density at radius 2 is 1.65 bits per heavy atom. The largest absolute Gasteiger partial charge is 0.444 e. The monoisotopic (exact) mass is 328 g/mol. The zero-order valence-corrected chi connectivity index (χ0v) is 15.4. The zero-order chi connectivity index (χ0) is 17.6. The maximum atomic E-state index is 12.3. The van der Waals surface area contributed by atoms with E-state index in [0.29, 0.717) is 26.1 Å². The molecule has 0 aromatic rings. The number of rotatable bonds is 5. The van der Waals surface area contributed by atoms with Gasteiger partial charge in [0.2, 0.25) is 5.91 Å². The molecule has 0 aliphatic carbocycles. The van der Waals surface area contributed by atoms with Crippen LogP contribution in [0.5, 0.6) is 0 Å². The lowest BCUT2D eigenvalue weighted by molar-refractivity contribution is -0.135. The van der Waals surface area contributed by atoms with Gasteiger partial charge >= 0.3 is 6.09 Å². The molecule has 23 heavy (non-hydrogen) atoms. The standard InChI is InChI=1S/C17H32N2O4/c1-13-11-18(15(20)9-7-8-10-22-6)12-14(2)19(13)16(21)23-17(3,4)5/h13-14H,7-12H2,1-6H3/t13-,14-/m1/s1. The number of amides is 2. The van der Waals surface area contributed by atoms with Crippen molar-refractivity contribution in [2.75, 3.05) is 26.8 Å².